The number of methoxy groups -OCH3 is 2. The molecule has 0 fully saturated rings. The van der Waals surface area contributed by atoms with Crippen LogP contribution in [0.2, 0.25) is 0 Å². The predicted molar refractivity (Wildman–Crippen MR) is 75.5 cm³/mol. The van der Waals surface area contributed by atoms with Gasteiger partial charge in [0.25, 0.3) is 0 Å². The van der Waals surface area contributed by atoms with Gasteiger partial charge in [-0.25, -0.2) is 9.48 Å². The second kappa shape index (κ2) is 5.43. The SMILES string of the molecule is COc1ccc(-c2cn(C(C)(C)C(=O)O)nn2)cc1OC. The summed E-state index contributed by atoms with van der Waals surface area (Å²) in [5, 5.41) is 17.1. The highest BCUT2D eigenvalue weighted by Crippen LogP contribution is 2.31. The number of carboxylic acid groups (broad SMARTS) is 1. The third-order valence-corrected chi connectivity index (χ3v) is 3.27. The number of hydrogen-bond donors (Lipinski definition) is 1. The number of hydrogen-bond acceptors (Lipinski definition) is 5. The summed E-state index contributed by atoms with van der Waals surface area (Å²) >= 11 is 0. The summed E-state index contributed by atoms with van der Waals surface area (Å²) in [4.78, 5) is 11.2. The molecular weight excluding hydrogens is 274 g/mol. The summed E-state index contributed by atoms with van der Waals surface area (Å²) in [6, 6.07) is 5.33. The third kappa shape index (κ3) is 2.67. The van der Waals surface area contributed by atoms with Crippen molar-refractivity contribution in [2.75, 3.05) is 14.2 Å². The van der Waals surface area contributed by atoms with Crippen LogP contribution in [0.3, 0.4) is 0 Å². The second-order valence-electron chi connectivity index (χ2n) is 4.98. The summed E-state index contributed by atoms with van der Waals surface area (Å²) in [5.74, 6) is 0.202. The number of carboxylic acids is 1. The number of rotatable bonds is 5. The molecule has 2 aromatic rings. The first-order valence-corrected chi connectivity index (χ1v) is 6.28. The predicted octanol–water partition coefficient (Wildman–Crippen LogP) is 1.78. The molecule has 7 nitrogen and oxygen atoms in total. The van der Waals surface area contributed by atoms with Gasteiger partial charge in [-0.3, -0.25) is 0 Å². The number of carbonyl (C=O) groups is 1. The lowest BCUT2D eigenvalue weighted by Gasteiger charge is -2.18. The van der Waals surface area contributed by atoms with Gasteiger partial charge >= 0.3 is 5.97 Å². The Morgan fingerprint density at radius 3 is 2.48 bits per heavy atom. The molecule has 0 aliphatic heterocycles. The maximum absolute atomic E-state index is 11.2. The van der Waals surface area contributed by atoms with E-state index in [-0.39, 0.29) is 0 Å². The Hall–Kier alpha value is -2.57. The standard InChI is InChI=1S/C14H17N3O4/c1-14(2,13(18)19)17-8-10(15-16-17)9-5-6-11(20-3)12(7-9)21-4/h5-8H,1-4H3,(H,18,19). The first kappa shape index (κ1) is 14.8. The third-order valence-electron chi connectivity index (χ3n) is 3.27. The number of aliphatic carboxylic acids is 1. The van der Waals surface area contributed by atoms with E-state index in [1.807, 2.05) is 6.07 Å². The van der Waals surface area contributed by atoms with Crippen molar-refractivity contribution in [3.63, 3.8) is 0 Å². The summed E-state index contributed by atoms with van der Waals surface area (Å²) in [7, 11) is 3.11. The minimum Gasteiger partial charge on any atom is -0.493 e. The van der Waals surface area contributed by atoms with Crippen LogP contribution in [-0.4, -0.2) is 40.3 Å². The molecule has 0 aliphatic rings. The van der Waals surface area contributed by atoms with Gasteiger partial charge in [-0.1, -0.05) is 5.21 Å². The van der Waals surface area contributed by atoms with Gasteiger partial charge in [-0.15, -0.1) is 5.10 Å². The van der Waals surface area contributed by atoms with E-state index in [0.29, 0.717) is 17.2 Å². The molecule has 0 unspecified atom stereocenters. The van der Waals surface area contributed by atoms with Crippen LogP contribution >= 0.6 is 0 Å². The van der Waals surface area contributed by atoms with Gasteiger partial charge in [0.05, 0.1) is 20.4 Å². The molecule has 1 aromatic carbocycles. The van der Waals surface area contributed by atoms with Gasteiger partial charge in [0.1, 0.15) is 5.69 Å². The largest absolute Gasteiger partial charge is 0.493 e. The van der Waals surface area contributed by atoms with Crippen molar-refractivity contribution in [3.8, 4) is 22.8 Å². The van der Waals surface area contributed by atoms with E-state index in [4.69, 9.17) is 9.47 Å². The average molecular weight is 291 g/mol. The monoisotopic (exact) mass is 291 g/mol. The smallest absolute Gasteiger partial charge is 0.331 e. The average Bonchev–Trinajstić information content (AvgIpc) is 2.96. The highest BCUT2D eigenvalue weighted by molar-refractivity contribution is 5.75. The maximum Gasteiger partial charge on any atom is 0.331 e. The van der Waals surface area contributed by atoms with Gasteiger partial charge in [-0.2, -0.15) is 0 Å². The Balaban J connectivity index is 2.40. The minimum absolute atomic E-state index is 0.560. The molecule has 1 aromatic heterocycles. The first-order valence-electron chi connectivity index (χ1n) is 6.28. The zero-order valence-corrected chi connectivity index (χ0v) is 12.3. The molecule has 0 radical (unpaired) electrons. The van der Waals surface area contributed by atoms with Crippen LogP contribution in [0, 0.1) is 0 Å². The lowest BCUT2D eigenvalue weighted by Crippen LogP contribution is -2.36. The van der Waals surface area contributed by atoms with E-state index in [1.165, 1.54) is 4.68 Å². The summed E-state index contributed by atoms with van der Waals surface area (Å²) < 4.78 is 11.7. The quantitative estimate of drug-likeness (QED) is 0.903. The number of benzene rings is 1. The van der Waals surface area contributed by atoms with E-state index < -0.39 is 11.5 Å². The normalized spacial score (nSPS) is 11.2. The highest BCUT2D eigenvalue weighted by Gasteiger charge is 2.31. The lowest BCUT2D eigenvalue weighted by molar-refractivity contribution is -0.146. The molecule has 0 spiro atoms. The molecule has 0 saturated carbocycles. The molecule has 0 saturated heterocycles. The zero-order valence-electron chi connectivity index (χ0n) is 12.3. The lowest BCUT2D eigenvalue weighted by atomic mass is 10.1. The van der Waals surface area contributed by atoms with Crippen LogP contribution in [0.4, 0.5) is 0 Å². The summed E-state index contributed by atoms with van der Waals surface area (Å²) in [6.07, 6.45) is 1.59. The number of aromatic nitrogens is 3. The minimum atomic E-state index is -1.16. The van der Waals surface area contributed by atoms with Crippen molar-refractivity contribution in [1.82, 2.24) is 15.0 Å². The first-order chi connectivity index (χ1) is 9.90. The molecule has 2 rings (SSSR count). The highest BCUT2D eigenvalue weighted by atomic mass is 16.5. The Kier molecular flexibility index (Phi) is 3.84. The van der Waals surface area contributed by atoms with Gasteiger partial charge < -0.3 is 14.6 Å². The molecule has 1 N–H and O–H groups in total. The van der Waals surface area contributed by atoms with Gasteiger partial charge in [0.2, 0.25) is 0 Å². The van der Waals surface area contributed by atoms with Crippen LogP contribution in [0.1, 0.15) is 13.8 Å². The molecule has 0 bridgehead atoms. The number of nitrogens with zero attached hydrogens (tertiary/aromatic N) is 3. The molecule has 21 heavy (non-hydrogen) atoms. The second-order valence-corrected chi connectivity index (χ2v) is 4.98. The zero-order chi connectivity index (χ0) is 15.6. The Bertz CT molecular complexity index is 664. The number of ether oxygens (including phenoxy) is 2. The van der Waals surface area contributed by atoms with Crippen molar-refractivity contribution >= 4 is 5.97 Å². The Labute approximate surface area is 122 Å². The van der Waals surface area contributed by atoms with E-state index in [2.05, 4.69) is 10.3 Å². The van der Waals surface area contributed by atoms with Crippen LogP contribution in [-0.2, 0) is 10.3 Å². The van der Waals surface area contributed by atoms with Crippen LogP contribution < -0.4 is 9.47 Å². The van der Waals surface area contributed by atoms with Gasteiger partial charge in [-0.05, 0) is 32.0 Å². The van der Waals surface area contributed by atoms with Gasteiger partial charge in [0.15, 0.2) is 17.0 Å². The summed E-state index contributed by atoms with van der Waals surface area (Å²) in [5.41, 5.74) is 0.160. The fourth-order valence-corrected chi connectivity index (χ4v) is 1.76. The van der Waals surface area contributed by atoms with E-state index >= 15 is 0 Å². The van der Waals surface area contributed by atoms with Crippen LogP contribution in [0.15, 0.2) is 24.4 Å². The molecule has 0 amide bonds. The topological polar surface area (TPSA) is 86.5 Å². The van der Waals surface area contributed by atoms with Crippen molar-refractivity contribution in [2.24, 2.45) is 0 Å². The molecule has 112 valence electrons. The fraction of sp³-hybridized carbons (Fsp3) is 0.357. The van der Waals surface area contributed by atoms with Crippen molar-refractivity contribution in [1.29, 1.82) is 0 Å². The van der Waals surface area contributed by atoms with Crippen molar-refractivity contribution < 1.29 is 19.4 Å². The summed E-state index contributed by atoms with van der Waals surface area (Å²) in [6.45, 7) is 3.12. The fourth-order valence-electron chi connectivity index (χ4n) is 1.76. The molecular formula is C14H17N3O4. The van der Waals surface area contributed by atoms with Crippen LogP contribution in [0.25, 0.3) is 11.3 Å². The van der Waals surface area contributed by atoms with E-state index in [1.54, 1.807) is 46.4 Å². The van der Waals surface area contributed by atoms with Crippen LogP contribution in [0.5, 0.6) is 11.5 Å². The Morgan fingerprint density at radius 1 is 1.24 bits per heavy atom. The van der Waals surface area contributed by atoms with Gasteiger partial charge in [0, 0.05) is 5.56 Å². The maximum atomic E-state index is 11.2. The molecule has 1 heterocycles. The molecule has 7 heteroatoms. The molecule has 0 aliphatic carbocycles. The van der Waals surface area contributed by atoms with Crippen molar-refractivity contribution in [3.05, 3.63) is 24.4 Å². The van der Waals surface area contributed by atoms with Crippen molar-refractivity contribution in [2.45, 2.75) is 19.4 Å². The Morgan fingerprint density at radius 2 is 1.90 bits per heavy atom. The molecule has 0 atom stereocenters. The van der Waals surface area contributed by atoms with E-state index in [9.17, 15) is 9.90 Å². The van der Waals surface area contributed by atoms with E-state index in [0.717, 1.165) is 5.56 Å².